The fourth-order valence-electron chi connectivity index (χ4n) is 1.54. The number of aromatic carboxylic acids is 1. The summed E-state index contributed by atoms with van der Waals surface area (Å²) in [4.78, 5) is 23.2. The van der Waals surface area contributed by atoms with Gasteiger partial charge in [0, 0.05) is 5.69 Å². The van der Waals surface area contributed by atoms with Gasteiger partial charge in [-0.2, -0.15) is 0 Å². The molecule has 1 unspecified atom stereocenters. The molecule has 0 aliphatic carbocycles. The molecule has 1 atom stereocenters. The van der Waals surface area contributed by atoms with Crippen molar-refractivity contribution in [2.75, 3.05) is 5.32 Å². The predicted molar refractivity (Wildman–Crippen MR) is 87.0 cm³/mol. The summed E-state index contributed by atoms with van der Waals surface area (Å²) in [6.45, 7) is 3.58. The van der Waals surface area contributed by atoms with Crippen LogP contribution in [0, 0.1) is 6.92 Å². The summed E-state index contributed by atoms with van der Waals surface area (Å²) in [7, 11) is 0. The molecular formula is C13H12ClN3O3S2. The Morgan fingerprint density at radius 2 is 2.14 bits per heavy atom. The zero-order chi connectivity index (χ0) is 16.3. The maximum absolute atomic E-state index is 12.1. The van der Waals surface area contributed by atoms with Gasteiger partial charge in [-0.05, 0) is 32.0 Å². The van der Waals surface area contributed by atoms with E-state index in [1.54, 1.807) is 13.0 Å². The highest BCUT2D eigenvalue weighted by Gasteiger charge is 2.18. The number of carbonyl (C=O) groups is 2. The Labute approximate surface area is 139 Å². The number of thioether (sulfide) groups is 1. The number of carboxylic acid groups (broad SMARTS) is 1. The summed E-state index contributed by atoms with van der Waals surface area (Å²) in [6.07, 6.45) is 0. The lowest BCUT2D eigenvalue weighted by Crippen LogP contribution is -2.22. The van der Waals surface area contributed by atoms with Gasteiger partial charge in [-0.1, -0.05) is 34.7 Å². The minimum absolute atomic E-state index is 0.0560. The molecule has 2 N–H and O–H groups in total. The van der Waals surface area contributed by atoms with Crippen molar-refractivity contribution in [3.63, 3.8) is 0 Å². The van der Waals surface area contributed by atoms with Crippen LogP contribution in [-0.4, -0.2) is 32.4 Å². The molecule has 2 aromatic rings. The minimum atomic E-state index is -1.15. The molecule has 0 fully saturated rings. The van der Waals surface area contributed by atoms with E-state index in [2.05, 4.69) is 15.5 Å². The first kappa shape index (κ1) is 16.7. The van der Waals surface area contributed by atoms with Crippen molar-refractivity contribution in [2.24, 2.45) is 0 Å². The van der Waals surface area contributed by atoms with Gasteiger partial charge in [0.15, 0.2) is 4.34 Å². The third-order valence-corrected chi connectivity index (χ3v) is 4.97. The van der Waals surface area contributed by atoms with Gasteiger partial charge in [-0.15, -0.1) is 10.2 Å². The second-order valence-corrected chi connectivity index (χ2v) is 7.51. The topological polar surface area (TPSA) is 92.2 Å². The molecule has 0 spiro atoms. The van der Waals surface area contributed by atoms with Crippen molar-refractivity contribution in [1.82, 2.24) is 10.2 Å². The Morgan fingerprint density at radius 3 is 2.73 bits per heavy atom. The number of carboxylic acids is 1. The molecule has 1 amide bonds. The van der Waals surface area contributed by atoms with Crippen LogP contribution in [0.25, 0.3) is 0 Å². The van der Waals surface area contributed by atoms with E-state index in [-0.39, 0.29) is 16.5 Å². The van der Waals surface area contributed by atoms with Gasteiger partial charge in [-0.25, -0.2) is 4.79 Å². The van der Waals surface area contributed by atoms with Crippen LogP contribution in [0.2, 0.25) is 5.02 Å². The molecule has 1 aromatic heterocycles. The summed E-state index contributed by atoms with van der Waals surface area (Å²) in [5.41, 5.74) is 0.326. The predicted octanol–water partition coefficient (Wildman–Crippen LogP) is 3.32. The van der Waals surface area contributed by atoms with Crippen LogP contribution in [0.1, 0.15) is 22.3 Å². The molecule has 0 bridgehead atoms. The fraction of sp³-hybridized carbons (Fsp3) is 0.231. The zero-order valence-electron chi connectivity index (χ0n) is 11.7. The van der Waals surface area contributed by atoms with Crippen LogP contribution >= 0.6 is 34.7 Å². The van der Waals surface area contributed by atoms with Crippen molar-refractivity contribution >= 4 is 52.3 Å². The van der Waals surface area contributed by atoms with E-state index < -0.39 is 11.2 Å². The van der Waals surface area contributed by atoms with Crippen LogP contribution in [-0.2, 0) is 4.79 Å². The summed E-state index contributed by atoms with van der Waals surface area (Å²) in [5.74, 6) is -1.40. The van der Waals surface area contributed by atoms with Gasteiger partial charge in [0.25, 0.3) is 0 Å². The number of halogens is 1. The molecule has 116 valence electrons. The number of hydrogen-bond acceptors (Lipinski definition) is 6. The van der Waals surface area contributed by atoms with E-state index in [1.165, 1.54) is 35.2 Å². The summed E-state index contributed by atoms with van der Waals surface area (Å²) in [6, 6.07) is 4.32. The molecule has 2 rings (SSSR count). The molecule has 22 heavy (non-hydrogen) atoms. The van der Waals surface area contributed by atoms with Crippen molar-refractivity contribution < 1.29 is 14.7 Å². The second-order valence-electron chi connectivity index (χ2n) is 4.34. The smallest absolute Gasteiger partial charge is 0.337 e. The minimum Gasteiger partial charge on any atom is -0.478 e. The van der Waals surface area contributed by atoms with Crippen molar-refractivity contribution in [3.8, 4) is 0 Å². The normalized spacial score (nSPS) is 12.0. The Bertz CT molecular complexity index is 720. The zero-order valence-corrected chi connectivity index (χ0v) is 14.1. The Hall–Kier alpha value is -1.64. The van der Waals surface area contributed by atoms with Crippen LogP contribution in [0.3, 0.4) is 0 Å². The number of anilines is 1. The average molecular weight is 358 g/mol. The summed E-state index contributed by atoms with van der Waals surface area (Å²) >= 11 is 8.50. The SMILES string of the molecule is Cc1nnc(SC(C)C(=O)Nc2ccc(Cl)c(C(=O)O)c2)s1. The first-order valence-corrected chi connectivity index (χ1v) is 8.24. The molecule has 0 saturated heterocycles. The third kappa shape index (κ3) is 4.19. The van der Waals surface area contributed by atoms with Gasteiger partial charge < -0.3 is 10.4 Å². The maximum Gasteiger partial charge on any atom is 0.337 e. The maximum atomic E-state index is 12.1. The number of aryl methyl sites for hydroxylation is 1. The fourth-order valence-corrected chi connectivity index (χ4v) is 3.70. The number of carbonyl (C=O) groups excluding carboxylic acids is 1. The Kier molecular flexibility index (Phi) is 5.38. The third-order valence-electron chi connectivity index (χ3n) is 2.62. The second kappa shape index (κ2) is 7.08. The highest BCUT2D eigenvalue weighted by atomic mass is 35.5. The number of benzene rings is 1. The first-order chi connectivity index (χ1) is 10.4. The number of amides is 1. The van der Waals surface area contributed by atoms with E-state index in [0.29, 0.717) is 10.0 Å². The van der Waals surface area contributed by atoms with Crippen molar-refractivity contribution in [2.45, 2.75) is 23.4 Å². The molecule has 1 aromatic carbocycles. The molecule has 0 saturated carbocycles. The van der Waals surface area contributed by atoms with Crippen molar-refractivity contribution in [3.05, 3.63) is 33.8 Å². The number of nitrogens with zero attached hydrogens (tertiary/aromatic N) is 2. The summed E-state index contributed by atoms with van der Waals surface area (Å²) < 4.78 is 0.711. The average Bonchev–Trinajstić information content (AvgIpc) is 2.85. The number of aromatic nitrogens is 2. The van der Waals surface area contributed by atoms with Gasteiger partial charge in [0.1, 0.15) is 5.01 Å². The van der Waals surface area contributed by atoms with E-state index in [9.17, 15) is 9.59 Å². The van der Waals surface area contributed by atoms with Crippen LogP contribution in [0.4, 0.5) is 5.69 Å². The molecule has 0 radical (unpaired) electrons. The largest absolute Gasteiger partial charge is 0.478 e. The van der Waals surface area contributed by atoms with Gasteiger partial charge in [0.05, 0.1) is 15.8 Å². The number of hydrogen-bond donors (Lipinski definition) is 2. The van der Waals surface area contributed by atoms with Crippen LogP contribution in [0.15, 0.2) is 22.5 Å². The first-order valence-electron chi connectivity index (χ1n) is 6.17. The van der Waals surface area contributed by atoms with Crippen LogP contribution in [0.5, 0.6) is 0 Å². The Balaban J connectivity index is 2.05. The number of rotatable bonds is 5. The van der Waals surface area contributed by atoms with Gasteiger partial charge >= 0.3 is 5.97 Å². The highest BCUT2D eigenvalue weighted by Crippen LogP contribution is 2.27. The standard InChI is InChI=1S/C13H12ClN3O3S2/c1-6(21-13-17-16-7(2)22-13)11(18)15-8-3-4-10(14)9(5-8)12(19)20/h3-6H,1-2H3,(H,15,18)(H,19,20). The van der Waals surface area contributed by atoms with Crippen molar-refractivity contribution in [1.29, 1.82) is 0 Å². The summed E-state index contributed by atoms with van der Waals surface area (Å²) in [5, 5.41) is 20.1. The lowest BCUT2D eigenvalue weighted by atomic mass is 10.2. The quantitative estimate of drug-likeness (QED) is 0.797. The molecule has 0 aliphatic heterocycles. The van der Waals surface area contributed by atoms with E-state index in [1.807, 2.05) is 6.92 Å². The molecular weight excluding hydrogens is 346 g/mol. The molecule has 0 aliphatic rings. The highest BCUT2D eigenvalue weighted by molar-refractivity contribution is 8.02. The van der Waals surface area contributed by atoms with Gasteiger partial charge in [-0.3, -0.25) is 4.79 Å². The van der Waals surface area contributed by atoms with E-state index >= 15 is 0 Å². The molecule has 9 heteroatoms. The monoisotopic (exact) mass is 357 g/mol. The van der Waals surface area contributed by atoms with E-state index in [4.69, 9.17) is 16.7 Å². The van der Waals surface area contributed by atoms with Gasteiger partial charge in [0.2, 0.25) is 5.91 Å². The molecule has 6 nitrogen and oxygen atoms in total. The number of nitrogens with one attached hydrogen (secondary N) is 1. The van der Waals surface area contributed by atoms with Crippen LogP contribution < -0.4 is 5.32 Å². The molecule has 1 heterocycles. The Morgan fingerprint density at radius 1 is 1.41 bits per heavy atom. The van der Waals surface area contributed by atoms with E-state index in [0.717, 1.165) is 5.01 Å². The lowest BCUT2D eigenvalue weighted by molar-refractivity contribution is -0.115. The lowest BCUT2D eigenvalue weighted by Gasteiger charge is -2.11.